The van der Waals surface area contributed by atoms with Gasteiger partial charge in [-0.1, -0.05) is 49.3 Å². The quantitative estimate of drug-likeness (QED) is 0.353. The van der Waals surface area contributed by atoms with Gasteiger partial charge in [-0.25, -0.2) is 12.8 Å². The summed E-state index contributed by atoms with van der Waals surface area (Å²) in [6.07, 6.45) is 1.59. The molecule has 196 valence electrons. The van der Waals surface area contributed by atoms with Crippen LogP contribution in [-0.4, -0.2) is 38.3 Å². The van der Waals surface area contributed by atoms with Crippen molar-refractivity contribution in [3.05, 3.63) is 88.7 Å². The fraction of sp³-hybridized carbons (Fsp3) is 0.321. The summed E-state index contributed by atoms with van der Waals surface area (Å²) in [5.74, 6) is -0.183. The van der Waals surface area contributed by atoms with Gasteiger partial charge in [0.15, 0.2) is 0 Å². The highest BCUT2D eigenvalue weighted by atomic mass is 35.5. The Morgan fingerprint density at radius 1 is 1.03 bits per heavy atom. The van der Waals surface area contributed by atoms with Crippen molar-refractivity contribution >= 4 is 39.3 Å². The van der Waals surface area contributed by atoms with Gasteiger partial charge in [0.25, 0.3) is 5.91 Å². The molecule has 1 heterocycles. The molecule has 5 nitrogen and oxygen atoms in total. The lowest BCUT2D eigenvalue weighted by molar-refractivity contribution is 0.0951. The number of carbonyl (C=O) groups is 1. The van der Waals surface area contributed by atoms with Crippen LogP contribution in [0.1, 0.15) is 36.2 Å². The molecule has 1 saturated heterocycles. The van der Waals surface area contributed by atoms with E-state index >= 15 is 0 Å². The Bertz CT molecular complexity index is 1340. The monoisotopic (exact) mass is 560 g/mol. The second kappa shape index (κ2) is 12.0. The van der Waals surface area contributed by atoms with Crippen molar-refractivity contribution < 1.29 is 17.6 Å². The molecule has 0 radical (unpaired) electrons. The summed E-state index contributed by atoms with van der Waals surface area (Å²) < 4.78 is 42.0. The maximum absolute atomic E-state index is 13.5. The molecule has 3 aromatic rings. The Labute approximate surface area is 227 Å². The molecule has 1 fully saturated rings. The van der Waals surface area contributed by atoms with Crippen LogP contribution in [0.4, 0.5) is 4.39 Å². The first-order valence-electron chi connectivity index (χ1n) is 12.2. The molecular weight excluding hydrogens is 531 g/mol. The predicted molar refractivity (Wildman–Crippen MR) is 146 cm³/mol. The lowest BCUT2D eigenvalue weighted by Crippen LogP contribution is -2.42. The van der Waals surface area contributed by atoms with Crippen LogP contribution in [0.15, 0.2) is 81.4 Å². The number of hydrogen-bond donors (Lipinski definition) is 1. The van der Waals surface area contributed by atoms with Gasteiger partial charge in [-0.2, -0.15) is 4.31 Å². The van der Waals surface area contributed by atoms with Crippen LogP contribution in [0, 0.1) is 17.7 Å². The zero-order valence-electron chi connectivity index (χ0n) is 20.8. The minimum absolute atomic E-state index is 0.0973. The van der Waals surface area contributed by atoms with Crippen LogP contribution < -0.4 is 5.32 Å². The zero-order chi connectivity index (χ0) is 26.6. The van der Waals surface area contributed by atoms with Crippen LogP contribution in [0.3, 0.4) is 0 Å². The first kappa shape index (κ1) is 27.6. The Morgan fingerprint density at radius 2 is 1.68 bits per heavy atom. The number of rotatable bonds is 8. The van der Waals surface area contributed by atoms with E-state index in [0.717, 1.165) is 16.9 Å². The highest BCUT2D eigenvalue weighted by molar-refractivity contribution is 7.99. The molecule has 1 aliphatic heterocycles. The second-order valence-corrected chi connectivity index (χ2v) is 13.1. The number of nitrogens with zero attached hydrogens (tertiary/aromatic N) is 1. The molecule has 0 aliphatic carbocycles. The molecule has 1 aliphatic rings. The number of nitrogens with one attached hydrogen (secondary N) is 1. The van der Waals surface area contributed by atoms with Gasteiger partial charge in [0.05, 0.1) is 10.5 Å². The standard InChI is InChI=1S/C28H30ClFN2O3S2/c1-19-15-20(2)18-32(17-19)37(34,35)25-11-12-27(36-24-9-7-23(30)8-10-24)26(16-25)28(33)31-14-13-21-3-5-22(29)6-4-21/h3-12,16,19-20H,13-15,17-18H2,1-2H3,(H,31,33)/t19-,20-/m1/s1. The highest BCUT2D eigenvalue weighted by Crippen LogP contribution is 2.34. The predicted octanol–water partition coefficient (Wildman–Crippen LogP) is 6.27. The van der Waals surface area contributed by atoms with E-state index in [4.69, 9.17) is 11.6 Å². The van der Waals surface area contributed by atoms with Crippen molar-refractivity contribution in [2.24, 2.45) is 11.8 Å². The number of hydrogen-bond acceptors (Lipinski definition) is 4. The molecular formula is C28H30ClFN2O3S2. The number of amides is 1. The van der Waals surface area contributed by atoms with E-state index in [9.17, 15) is 17.6 Å². The normalized spacial score (nSPS) is 18.5. The lowest BCUT2D eigenvalue weighted by Gasteiger charge is -2.34. The largest absolute Gasteiger partial charge is 0.352 e. The van der Waals surface area contributed by atoms with Gasteiger partial charge >= 0.3 is 0 Å². The van der Waals surface area contributed by atoms with E-state index in [-0.39, 0.29) is 34.0 Å². The zero-order valence-corrected chi connectivity index (χ0v) is 23.2. The van der Waals surface area contributed by atoms with E-state index in [1.807, 2.05) is 12.1 Å². The third-order valence-electron chi connectivity index (χ3n) is 6.32. The summed E-state index contributed by atoms with van der Waals surface area (Å²) in [5, 5.41) is 3.56. The first-order valence-corrected chi connectivity index (χ1v) is 14.9. The lowest BCUT2D eigenvalue weighted by atomic mass is 9.94. The van der Waals surface area contributed by atoms with Gasteiger partial charge in [-0.05, 0) is 84.8 Å². The molecule has 1 N–H and O–H groups in total. The summed E-state index contributed by atoms with van der Waals surface area (Å²) in [6.45, 7) is 5.41. The maximum Gasteiger partial charge on any atom is 0.252 e. The molecule has 0 spiro atoms. The summed E-state index contributed by atoms with van der Waals surface area (Å²) in [4.78, 5) is 14.7. The van der Waals surface area contributed by atoms with Crippen molar-refractivity contribution in [2.75, 3.05) is 19.6 Å². The van der Waals surface area contributed by atoms with Crippen molar-refractivity contribution in [1.29, 1.82) is 0 Å². The Balaban J connectivity index is 1.60. The average molecular weight is 561 g/mol. The molecule has 3 aromatic carbocycles. The molecule has 37 heavy (non-hydrogen) atoms. The minimum atomic E-state index is -3.76. The summed E-state index contributed by atoms with van der Waals surface area (Å²) >= 11 is 7.23. The number of piperidine rings is 1. The Kier molecular flexibility index (Phi) is 8.95. The number of carbonyl (C=O) groups excluding carboxylic acids is 1. The van der Waals surface area contributed by atoms with Gasteiger partial charge in [0.2, 0.25) is 10.0 Å². The van der Waals surface area contributed by atoms with Gasteiger partial charge in [0.1, 0.15) is 5.82 Å². The first-order chi connectivity index (χ1) is 17.6. The second-order valence-electron chi connectivity index (χ2n) is 9.61. The van der Waals surface area contributed by atoms with Gasteiger partial charge < -0.3 is 5.32 Å². The maximum atomic E-state index is 13.5. The highest BCUT2D eigenvalue weighted by Gasteiger charge is 2.32. The average Bonchev–Trinajstić information content (AvgIpc) is 2.86. The summed E-state index contributed by atoms with van der Waals surface area (Å²) in [5.41, 5.74) is 1.29. The van der Waals surface area contributed by atoms with E-state index in [1.54, 1.807) is 36.4 Å². The molecule has 0 unspecified atom stereocenters. The fourth-order valence-electron chi connectivity index (χ4n) is 4.58. The Morgan fingerprint density at radius 3 is 2.32 bits per heavy atom. The van der Waals surface area contributed by atoms with Crippen molar-refractivity contribution in [3.8, 4) is 0 Å². The van der Waals surface area contributed by atoms with Gasteiger partial charge in [-0.3, -0.25) is 4.79 Å². The van der Waals surface area contributed by atoms with Crippen LogP contribution in [0.2, 0.25) is 5.02 Å². The minimum Gasteiger partial charge on any atom is -0.352 e. The van der Waals surface area contributed by atoms with E-state index in [2.05, 4.69) is 19.2 Å². The number of benzene rings is 3. The third kappa shape index (κ3) is 7.13. The topological polar surface area (TPSA) is 66.5 Å². The van der Waals surface area contributed by atoms with Crippen LogP contribution in [0.5, 0.6) is 0 Å². The number of halogens is 2. The van der Waals surface area contributed by atoms with Crippen molar-refractivity contribution in [1.82, 2.24) is 9.62 Å². The van der Waals surface area contributed by atoms with Gasteiger partial charge in [0, 0.05) is 34.4 Å². The SMILES string of the molecule is C[C@@H]1C[C@@H](C)CN(S(=O)(=O)c2ccc(Sc3ccc(F)cc3)c(C(=O)NCCc3ccc(Cl)cc3)c2)C1. The number of sulfonamides is 1. The smallest absolute Gasteiger partial charge is 0.252 e. The summed E-state index contributed by atoms with van der Waals surface area (Å²) in [6, 6.07) is 18.0. The van der Waals surface area contributed by atoms with Gasteiger partial charge in [-0.15, -0.1) is 0 Å². The van der Waals surface area contributed by atoms with Crippen LogP contribution in [0.25, 0.3) is 0 Å². The molecule has 0 saturated carbocycles. The third-order valence-corrected chi connectivity index (χ3v) is 9.49. The molecule has 4 rings (SSSR count). The molecule has 2 atom stereocenters. The Hall–Kier alpha value is -2.39. The van der Waals surface area contributed by atoms with E-state index in [0.29, 0.717) is 36.0 Å². The molecule has 0 aromatic heterocycles. The molecule has 1 amide bonds. The van der Waals surface area contributed by atoms with Crippen LogP contribution >= 0.6 is 23.4 Å². The van der Waals surface area contributed by atoms with Crippen molar-refractivity contribution in [3.63, 3.8) is 0 Å². The van der Waals surface area contributed by atoms with Crippen LogP contribution in [-0.2, 0) is 16.4 Å². The molecule has 9 heteroatoms. The fourth-order valence-corrected chi connectivity index (χ4v) is 7.34. The summed E-state index contributed by atoms with van der Waals surface area (Å²) in [7, 11) is -3.76. The molecule has 0 bridgehead atoms. The van der Waals surface area contributed by atoms with Crippen molar-refractivity contribution in [2.45, 2.75) is 41.4 Å². The van der Waals surface area contributed by atoms with E-state index in [1.165, 1.54) is 34.3 Å². The van der Waals surface area contributed by atoms with E-state index < -0.39 is 10.0 Å².